The first kappa shape index (κ1) is 18.3. The van der Waals surface area contributed by atoms with Gasteiger partial charge in [-0.15, -0.1) is 0 Å². The highest BCUT2D eigenvalue weighted by Crippen LogP contribution is 2.36. The molecule has 2 rings (SSSR count). The molecule has 0 spiro atoms. The summed E-state index contributed by atoms with van der Waals surface area (Å²) in [6.07, 6.45) is 1.60. The molecular formula is C19H27NO4. The first-order valence-electron chi connectivity index (χ1n) is 8.41. The van der Waals surface area contributed by atoms with Gasteiger partial charge in [-0.1, -0.05) is 30.3 Å². The summed E-state index contributed by atoms with van der Waals surface area (Å²) in [7, 11) is 1.41. The van der Waals surface area contributed by atoms with Crippen LogP contribution in [0.5, 0.6) is 0 Å². The Morgan fingerprint density at radius 1 is 1.21 bits per heavy atom. The fraction of sp³-hybridized carbons (Fsp3) is 0.579. The molecule has 24 heavy (non-hydrogen) atoms. The molecule has 2 unspecified atom stereocenters. The SMILES string of the molecule is COC(=O)CC1CCN(C(=O)OC(C)(C)C)C(c2ccccc2)C1. The third kappa shape index (κ3) is 4.98. The molecule has 1 aromatic rings. The molecule has 1 amide bonds. The third-order valence-electron chi connectivity index (χ3n) is 4.21. The van der Waals surface area contributed by atoms with Crippen molar-refractivity contribution in [3.63, 3.8) is 0 Å². The Morgan fingerprint density at radius 2 is 1.88 bits per heavy atom. The summed E-state index contributed by atoms with van der Waals surface area (Å²) >= 11 is 0. The standard InChI is InChI=1S/C19H27NO4/c1-19(2,3)24-18(22)20-11-10-14(13-17(21)23-4)12-16(20)15-8-6-5-7-9-15/h5-9,14,16H,10-13H2,1-4H3. The third-order valence-corrected chi connectivity index (χ3v) is 4.21. The molecule has 1 fully saturated rings. The highest BCUT2D eigenvalue weighted by Gasteiger charge is 2.35. The van der Waals surface area contributed by atoms with Crippen molar-refractivity contribution in [2.45, 2.75) is 51.7 Å². The van der Waals surface area contributed by atoms with Gasteiger partial charge in [-0.25, -0.2) is 4.79 Å². The van der Waals surface area contributed by atoms with E-state index in [9.17, 15) is 9.59 Å². The number of esters is 1. The van der Waals surface area contributed by atoms with E-state index in [4.69, 9.17) is 9.47 Å². The minimum Gasteiger partial charge on any atom is -0.469 e. The van der Waals surface area contributed by atoms with Crippen molar-refractivity contribution in [2.75, 3.05) is 13.7 Å². The van der Waals surface area contributed by atoms with Crippen LogP contribution in [0, 0.1) is 5.92 Å². The number of benzene rings is 1. The average Bonchev–Trinajstić information content (AvgIpc) is 2.53. The number of piperidine rings is 1. The van der Waals surface area contributed by atoms with Crippen LogP contribution < -0.4 is 0 Å². The molecule has 1 aliphatic heterocycles. The maximum atomic E-state index is 12.6. The number of carbonyl (C=O) groups excluding carboxylic acids is 2. The molecule has 5 nitrogen and oxygen atoms in total. The summed E-state index contributed by atoms with van der Waals surface area (Å²) in [5.74, 6) is 0.0128. The highest BCUT2D eigenvalue weighted by molar-refractivity contribution is 5.70. The van der Waals surface area contributed by atoms with Crippen LogP contribution in [-0.4, -0.2) is 36.2 Å². The van der Waals surface area contributed by atoms with Crippen molar-refractivity contribution in [1.82, 2.24) is 4.90 Å². The van der Waals surface area contributed by atoms with Gasteiger partial charge in [-0.2, -0.15) is 0 Å². The summed E-state index contributed by atoms with van der Waals surface area (Å²) in [4.78, 5) is 26.0. The lowest BCUT2D eigenvalue weighted by molar-refractivity contribution is -0.142. The normalized spacial score (nSPS) is 21.2. The minimum atomic E-state index is -0.527. The van der Waals surface area contributed by atoms with Gasteiger partial charge in [0.2, 0.25) is 0 Å². The predicted molar refractivity (Wildman–Crippen MR) is 91.5 cm³/mol. The first-order valence-corrected chi connectivity index (χ1v) is 8.41. The molecule has 0 aromatic heterocycles. The van der Waals surface area contributed by atoms with E-state index in [1.54, 1.807) is 4.90 Å². The van der Waals surface area contributed by atoms with E-state index < -0.39 is 5.60 Å². The maximum Gasteiger partial charge on any atom is 0.410 e. The fourth-order valence-electron chi connectivity index (χ4n) is 3.07. The second-order valence-corrected chi connectivity index (χ2v) is 7.27. The Bertz CT molecular complexity index is 564. The fourth-order valence-corrected chi connectivity index (χ4v) is 3.07. The molecular weight excluding hydrogens is 306 g/mol. The van der Waals surface area contributed by atoms with Crippen LogP contribution >= 0.6 is 0 Å². The molecule has 5 heteroatoms. The molecule has 2 atom stereocenters. The second-order valence-electron chi connectivity index (χ2n) is 7.27. The van der Waals surface area contributed by atoms with Crippen molar-refractivity contribution < 1.29 is 19.1 Å². The van der Waals surface area contributed by atoms with Crippen molar-refractivity contribution in [3.05, 3.63) is 35.9 Å². The van der Waals surface area contributed by atoms with Crippen LogP contribution in [0.3, 0.4) is 0 Å². The summed E-state index contributed by atoms with van der Waals surface area (Å²) in [5, 5.41) is 0. The molecule has 0 bridgehead atoms. The number of hydrogen-bond acceptors (Lipinski definition) is 4. The maximum absolute atomic E-state index is 12.6. The number of nitrogens with zero attached hydrogens (tertiary/aromatic N) is 1. The topological polar surface area (TPSA) is 55.8 Å². The van der Waals surface area contributed by atoms with E-state index >= 15 is 0 Å². The summed E-state index contributed by atoms with van der Waals surface area (Å²) in [6.45, 7) is 6.18. The van der Waals surface area contributed by atoms with E-state index in [0.717, 1.165) is 18.4 Å². The molecule has 1 aromatic carbocycles. The van der Waals surface area contributed by atoms with Gasteiger partial charge in [-0.05, 0) is 45.1 Å². The van der Waals surface area contributed by atoms with Gasteiger partial charge in [-0.3, -0.25) is 4.79 Å². The van der Waals surface area contributed by atoms with Crippen molar-refractivity contribution in [3.8, 4) is 0 Å². The van der Waals surface area contributed by atoms with Gasteiger partial charge in [0, 0.05) is 13.0 Å². The first-order chi connectivity index (χ1) is 11.3. The number of hydrogen-bond donors (Lipinski definition) is 0. The Labute approximate surface area is 143 Å². The van der Waals surface area contributed by atoms with Crippen molar-refractivity contribution >= 4 is 12.1 Å². The zero-order valence-corrected chi connectivity index (χ0v) is 15.0. The largest absolute Gasteiger partial charge is 0.469 e. The molecule has 1 saturated heterocycles. The minimum absolute atomic E-state index is 0.0792. The number of amides is 1. The molecule has 132 valence electrons. The van der Waals surface area contributed by atoms with E-state index in [1.807, 2.05) is 51.1 Å². The molecule has 0 N–H and O–H groups in total. The lowest BCUT2D eigenvalue weighted by Gasteiger charge is -2.40. The van der Waals surface area contributed by atoms with Crippen molar-refractivity contribution in [1.29, 1.82) is 0 Å². The molecule has 0 aliphatic carbocycles. The van der Waals surface area contributed by atoms with Crippen LogP contribution in [0.1, 0.15) is 51.6 Å². The quantitative estimate of drug-likeness (QED) is 0.786. The Morgan fingerprint density at radius 3 is 2.46 bits per heavy atom. The van der Waals surface area contributed by atoms with Crippen LogP contribution in [0.2, 0.25) is 0 Å². The van der Waals surface area contributed by atoms with Crippen molar-refractivity contribution in [2.24, 2.45) is 5.92 Å². The Kier molecular flexibility index (Phi) is 5.86. The zero-order valence-electron chi connectivity index (χ0n) is 15.0. The monoisotopic (exact) mass is 333 g/mol. The second kappa shape index (κ2) is 7.69. The van der Waals surface area contributed by atoms with Gasteiger partial charge in [0.1, 0.15) is 5.60 Å². The molecule has 0 radical (unpaired) electrons. The predicted octanol–water partition coefficient (Wildman–Crippen LogP) is 3.94. The van der Waals surface area contributed by atoms with E-state index in [-0.39, 0.29) is 24.0 Å². The molecule has 1 heterocycles. The Balaban J connectivity index is 2.17. The smallest absolute Gasteiger partial charge is 0.410 e. The summed E-state index contributed by atoms with van der Waals surface area (Å²) in [6, 6.07) is 9.84. The van der Waals surface area contributed by atoms with Crippen LogP contribution in [0.15, 0.2) is 30.3 Å². The van der Waals surface area contributed by atoms with Crippen LogP contribution in [0.4, 0.5) is 4.79 Å². The summed E-state index contributed by atoms with van der Waals surface area (Å²) < 4.78 is 10.4. The number of methoxy groups -OCH3 is 1. The van der Waals surface area contributed by atoms with E-state index in [1.165, 1.54) is 7.11 Å². The molecule has 0 saturated carbocycles. The lowest BCUT2D eigenvalue weighted by atomic mass is 9.85. The highest BCUT2D eigenvalue weighted by atomic mass is 16.6. The number of carbonyl (C=O) groups is 2. The molecule has 1 aliphatic rings. The van der Waals surface area contributed by atoms with E-state index in [0.29, 0.717) is 13.0 Å². The zero-order chi connectivity index (χ0) is 17.7. The van der Waals surface area contributed by atoms with Crippen LogP contribution in [0.25, 0.3) is 0 Å². The number of rotatable bonds is 3. The number of ether oxygens (including phenoxy) is 2. The van der Waals surface area contributed by atoms with Gasteiger partial charge in [0.15, 0.2) is 0 Å². The lowest BCUT2D eigenvalue weighted by Crippen LogP contribution is -2.44. The Hall–Kier alpha value is -2.04. The van der Waals surface area contributed by atoms with E-state index in [2.05, 4.69) is 0 Å². The van der Waals surface area contributed by atoms with Gasteiger partial charge < -0.3 is 14.4 Å². The average molecular weight is 333 g/mol. The van der Waals surface area contributed by atoms with Gasteiger partial charge >= 0.3 is 12.1 Å². The summed E-state index contributed by atoms with van der Waals surface area (Å²) in [5.41, 5.74) is 0.541. The number of likely N-dealkylation sites (tertiary alicyclic amines) is 1. The van der Waals surface area contributed by atoms with Gasteiger partial charge in [0.25, 0.3) is 0 Å². The van der Waals surface area contributed by atoms with Crippen LogP contribution in [-0.2, 0) is 14.3 Å². The van der Waals surface area contributed by atoms with Gasteiger partial charge in [0.05, 0.1) is 13.2 Å².